The molecule has 1 saturated heterocycles. The standard InChI is InChI=1S/C12H24F3N3/c1-4-17-5-6-18(8-11(17)3)10(2)7-16-9-12(13,14)15/h10-11,16H,4-9H2,1-3H3. The second-order valence-corrected chi connectivity index (χ2v) is 5.07. The Kier molecular flexibility index (Phi) is 5.88. The van der Waals surface area contributed by atoms with Gasteiger partial charge in [0.15, 0.2) is 0 Å². The van der Waals surface area contributed by atoms with E-state index in [0.29, 0.717) is 12.6 Å². The highest BCUT2D eigenvalue weighted by molar-refractivity contribution is 4.82. The summed E-state index contributed by atoms with van der Waals surface area (Å²) in [6.45, 7) is 9.69. The normalized spacial score (nSPS) is 25.3. The van der Waals surface area contributed by atoms with Gasteiger partial charge in [-0.3, -0.25) is 9.80 Å². The van der Waals surface area contributed by atoms with Crippen LogP contribution in [0.2, 0.25) is 0 Å². The third-order valence-corrected chi connectivity index (χ3v) is 3.59. The predicted octanol–water partition coefficient (Wildman–Crippen LogP) is 1.55. The number of likely N-dealkylation sites (N-methyl/N-ethyl adjacent to an activating group) is 1. The van der Waals surface area contributed by atoms with E-state index in [0.717, 1.165) is 26.2 Å². The molecule has 0 bridgehead atoms. The van der Waals surface area contributed by atoms with Crippen LogP contribution < -0.4 is 5.32 Å². The molecule has 1 fully saturated rings. The Bertz CT molecular complexity index is 245. The Morgan fingerprint density at radius 2 is 2.00 bits per heavy atom. The molecule has 0 saturated carbocycles. The molecule has 0 aromatic heterocycles. The monoisotopic (exact) mass is 267 g/mol. The number of halogens is 3. The van der Waals surface area contributed by atoms with Crippen molar-refractivity contribution in [2.24, 2.45) is 0 Å². The van der Waals surface area contributed by atoms with Crippen LogP contribution in [0.25, 0.3) is 0 Å². The summed E-state index contributed by atoms with van der Waals surface area (Å²) in [5.41, 5.74) is 0. The number of piperazine rings is 1. The largest absolute Gasteiger partial charge is 0.401 e. The van der Waals surface area contributed by atoms with Crippen molar-refractivity contribution in [3.05, 3.63) is 0 Å². The quantitative estimate of drug-likeness (QED) is 0.815. The average molecular weight is 267 g/mol. The molecule has 1 N–H and O–H groups in total. The van der Waals surface area contributed by atoms with E-state index in [4.69, 9.17) is 0 Å². The van der Waals surface area contributed by atoms with Crippen LogP contribution in [0.4, 0.5) is 13.2 Å². The molecular weight excluding hydrogens is 243 g/mol. The van der Waals surface area contributed by atoms with Gasteiger partial charge in [-0.25, -0.2) is 0 Å². The van der Waals surface area contributed by atoms with E-state index < -0.39 is 12.7 Å². The Morgan fingerprint density at radius 3 is 2.50 bits per heavy atom. The van der Waals surface area contributed by atoms with E-state index >= 15 is 0 Å². The summed E-state index contributed by atoms with van der Waals surface area (Å²) >= 11 is 0. The zero-order chi connectivity index (χ0) is 13.8. The van der Waals surface area contributed by atoms with Gasteiger partial charge in [0.1, 0.15) is 0 Å². The fourth-order valence-corrected chi connectivity index (χ4v) is 2.45. The molecule has 0 spiro atoms. The molecule has 0 radical (unpaired) electrons. The molecule has 1 aliphatic rings. The van der Waals surface area contributed by atoms with E-state index in [2.05, 4.69) is 29.0 Å². The molecule has 2 atom stereocenters. The summed E-state index contributed by atoms with van der Waals surface area (Å²) in [7, 11) is 0. The van der Waals surface area contributed by atoms with Crippen molar-refractivity contribution in [2.45, 2.75) is 39.0 Å². The molecule has 108 valence electrons. The molecule has 2 unspecified atom stereocenters. The SMILES string of the molecule is CCN1CCN(C(C)CNCC(F)(F)F)CC1C. The van der Waals surface area contributed by atoms with Gasteiger partial charge >= 0.3 is 6.18 Å². The molecule has 1 rings (SSSR count). The zero-order valence-electron chi connectivity index (χ0n) is 11.4. The van der Waals surface area contributed by atoms with Crippen LogP contribution in [0.3, 0.4) is 0 Å². The molecule has 6 heteroatoms. The van der Waals surface area contributed by atoms with Gasteiger partial charge in [-0.05, 0) is 20.4 Å². The molecule has 0 aromatic rings. The van der Waals surface area contributed by atoms with Gasteiger partial charge in [0.25, 0.3) is 0 Å². The van der Waals surface area contributed by atoms with E-state index in [1.54, 1.807) is 0 Å². The minimum atomic E-state index is -4.12. The van der Waals surface area contributed by atoms with Crippen LogP contribution in [-0.2, 0) is 0 Å². The molecule has 18 heavy (non-hydrogen) atoms. The molecular formula is C12H24F3N3. The molecule has 0 aromatic carbocycles. The van der Waals surface area contributed by atoms with Crippen LogP contribution in [0, 0.1) is 0 Å². The minimum absolute atomic E-state index is 0.147. The topological polar surface area (TPSA) is 18.5 Å². The van der Waals surface area contributed by atoms with Crippen molar-refractivity contribution < 1.29 is 13.2 Å². The van der Waals surface area contributed by atoms with Crippen LogP contribution in [-0.4, -0.2) is 67.3 Å². The average Bonchev–Trinajstić information content (AvgIpc) is 2.27. The van der Waals surface area contributed by atoms with Crippen molar-refractivity contribution in [3.63, 3.8) is 0 Å². The number of nitrogens with zero attached hydrogens (tertiary/aromatic N) is 2. The highest BCUT2D eigenvalue weighted by Crippen LogP contribution is 2.14. The van der Waals surface area contributed by atoms with Crippen LogP contribution in [0.1, 0.15) is 20.8 Å². The predicted molar refractivity (Wildman–Crippen MR) is 66.7 cm³/mol. The van der Waals surface area contributed by atoms with Crippen molar-refractivity contribution in [1.82, 2.24) is 15.1 Å². The fourth-order valence-electron chi connectivity index (χ4n) is 2.45. The first kappa shape index (κ1) is 15.7. The van der Waals surface area contributed by atoms with Crippen LogP contribution in [0.5, 0.6) is 0 Å². The van der Waals surface area contributed by atoms with E-state index in [1.807, 2.05) is 6.92 Å². The minimum Gasteiger partial charge on any atom is -0.307 e. The highest BCUT2D eigenvalue weighted by Gasteiger charge is 2.28. The summed E-state index contributed by atoms with van der Waals surface area (Å²) in [6, 6.07) is 0.627. The lowest BCUT2D eigenvalue weighted by molar-refractivity contribution is -0.125. The van der Waals surface area contributed by atoms with Crippen molar-refractivity contribution in [2.75, 3.05) is 39.3 Å². The number of nitrogens with one attached hydrogen (secondary N) is 1. The smallest absolute Gasteiger partial charge is 0.307 e. The first-order chi connectivity index (χ1) is 8.33. The van der Waals surface area contributed by atoms with Gasteiger partial charge in [0, 0.05) is 38.3 Å². The Labute approximate surface area is 107 Å². The number of hydrogen-bond acceptors (Lipinski definition) is 3. The Balaban J connectivity index is 2.28. The summed E-state index contributed by atoms with van der Waals surface area (Å²) < 4.78 is 36.1. The van der Waals surface area contributed by atoms with Crippen LogP contribution >= 0.6 is 0 Å². The summed E-state index contributed by atoms with van der Waals surface area (Å²) in [5, 5.41) is 2.48. The molecule has 0 amide bonds. The summed E-state index contributed by atoms with van der Waals surface area (Å²) in [6.07, 6.45) is -4.12. The number of alkyl halides is 3. The molecule has 3 nitrogen and oxygen atoms in total. The lowest BCUT2D eigenvalue weighted by atomic mass is 10.1. The fraction of sp³-hybridized carbons (Fsp3) is 1.00. The summed E-state index contributed by atoms with van der Waals surface area (Å²) in [4.78, 5) is 4.66. The number of hydrogen-bond donors (Lipinski definition) is 1. The van der Waals surface area contributed by atoms with E-state index in [1.165, 1.54) is 0 Å². The maximum absolute atomic E-state index is 12.0. The highest BCUT2D eigenvalue weighted by atomic mass is 19.4. The van der Waals surface area contributed by atoms with Gasteiger partial charge in [0.2, 0.25) is 0 Å². The Hall–Kier alpha value is -0.330. The first-order valence-corrected chi connectivity index (χ1v) is 6.59. The summed E-state index contributed by atoms with van der Waals surface area (Å²) in [5.74, 6) is 0. The lowest BCUT2D eigenvalue weighted by Gasteiger charge is -2.42. The molecule has 1 heterocycles. The van der Waals surface area contributed by atoms with Gasteiger partial charge in [-0.1, -0.05) is 6.92 Å². The molecule has 1 aliphatic heterocycles. The second kappa shape index (κ2) is 6.73. The number of rotatable bonds is 5. The zero-order valence-corrected chi connectivity index (χ0v) is 11.4. The van der Waals surface area contributed by atoms with Crippen molar-refractivity contribution >= 4 is 0 Å². The van der Waals surface area contributed by atoms with Gasteiger partial charge in [-0.15, -0.1) is 0 Å². The van der Waals surface area contributed by atoms with Gasteiger partial charge < -0.3 is 5.32 Å². The second-order valence-electron chi connectivity index (χ2n) is 5.07. The third-order valence-electron chi connectivity index (χ3n) is 3.59. The van der Waals surface area contributed by atoms with Crippen molar-refractivity contribution in [3.8, 4) is 0 Å². The van der Waals surface area contributed by atoms with Crippen molar-refractivity contribution in [1.29, 1.82) is 0 Å². The van der Waals surface area contributed by atoms with E-state index in [-0.39, 0.29) is 6.04 Å². The van der Waals surface area contributed by atoms with E-state index in [9.17, 15) is 13.2 Å². The maximum atomic E-state index is 12.0. The third kappa shape index (κ3) is 5.12. The Morgan fingerprint density at radius 1 is 1.33 bits per heavy atom. The van der Waals surface area contributed by atoms with Gasteiger partial charge in [-0.2, -0.15) is 13.2 Å². The van der Waals surface area contributed by atoms with Gasteiger partial charge in [0.05, 0.1) is 6.54 Å². The lowest BCUT2D eigenvalue weighted by Crippen LogP contribution is -2.56. The molecule has 0 aliphatic carbocycles. The first-order valence-electron chi connectivity index (χ1n) is 6.59. The van der Waals surface area contributed by atoms with Crippen LogP contribution in [0.15, 0.2) is 0 Å². The maximum Gasteiger partial charge on any atom is 0.401 e.